The summed E-state index contributed by atoms with van der Waals surface area (Å²) >= 11 is 5.79. The van der Waals surface area contributed by atoms with Crippen LogP contribution in [0.15, 0.2) is 22.8 Å². The van der Waals surface area contributed by atoms with E-state index in [1.54, 1.807) is 6.26 Å². The molecule has 0 aliphatic carbocycles. The molecule has 11 heavy (non-hydrogen) atoms. The smallest absolute Gasteiger partial charge is 0.108 e. The predicted octanol–water partition coefficient (Wildman–Crippen LogP) is 3.26. The van der Waals surface area contributed by atoms with Crippen molar-refractivity contribution in [3.05, 3.63) is 24.2 Å². The summed E-state index contributed by atoms with van der Waals surface area (Å²) < 4.78 is 5.26. The van der Waals surface area contributed by atoms with Crippen LogP contribution in [0.25, 0.3) is 0 Å². The van der Waals surface area contributed by atoms with Crippen molar-refractivity contribution < 1.29 is 4.42 Å². The zero-order chi connectivity index (χ0) is 8.27. The van der Waals surface area contributed by atoms with Gasteiger partial charge in [-0.2, -0.15) is 0 Å². The highest BCUT2D eigenvalue weighted by atomic mass is 35.5. The summed E-state index contributed by atoms with van der Waals surface area (Å²) in [6.07, 6.45) is 1.69. The fraction of sp³-hybridized carbons (Fsp3) is 0.556. The average Bonchev–Trinajstić information content (AvgIpc) is 2.40. The molecule has 1 atom stereocenters. The van der Waals surface area contributed by atoms with E-state index in [0.29, 0.717) is 17.7 Å². The van der Waals surface area contributed by atoms with Crippen LogP contribution in [0.3, 0.4) is 0 Å². The minimum atomic E-state index is 0.353. The van der Waals surface area contributed by atoms with Crippen molar-refractivity contribution in [2.75, 3.05) is 5.88 Å². The zero-order valence-electron chi connectivity index (χ0n) is 6.88. The summed E-state index contributed by atoms with van der Waals surface area (Å²) in [4.78, 5) is 0. The Morgan fingerprint density at radius 3 is 2.64 bits per heavy atom. The van der Waals surface area contributed by atoms with Crippen LogP contribution in [0.4, 0.5) is 0 Å². The molecule has 0 bridgehead atoms. The van der Waals surface area contributed by atoms with E-state index in [1.807, 2.05) is 12.1 Å². The number of hydrogen-bond acceptors (Lipinski definition) is 1. The van der Waals surface area contributed by atoms with Gasteiger partial charge in [0.1, 0.15) is 5.76 Å². The third-order valence-electron chi connectivity index (χ3n) is 1.88. The van der Waals surface area contributed by atoms with Crippen LogP contribution in [0.2, 0.25) is 0 Å². The van der Waals surface area contributed by atoms with Crippen LogP contribution >= 0.6 is 11.6 Å². The molecule has 0 N–H and O–H groups in total. The molecule has 1 nitrogen and oxygen atoms in total. The highest BCUT2D eigenvalue weighted by molar-refractivity contribution is 6.18. The molecule has 1 aromatic heterocycles. The number of rotatable bonds is 3. The van der Waals surface area contributed by atoms with Gasteiger partial charge in [0.15, 0.2) is 0 Å². The Balaban J connectivity index is 2.71. The van der Waals surface area contributed by atoms with Crippen LogP contribution in [0.5, 0.6) is 0 Å². The fourth-order valence-corrected chi connectivity index (χ4v) is 1.59. The molecule has 0 saturated heterocycles. The molecule has 1 heterocycles. The topological polar surface area (TPSA) is 13.1 Å². The Hall–Kier alpha value is -0.430. The van der Waals surface area contributed by atoms with Gasteiger partial charge >= 0.3 is 0 Å². The van der Waals surface area contributed by atoms with Crippen molar-refractivity contribution in [2.24, 2.45) is 5.92 Å². The highest BCUT2D eigenvalue weighted by Crippen LogP contribution is 2.25. The van der Waals surface area contributed by atoms with Crippen LogP contribution in [0, 0.1) is 5.92 Å². The van der Waals surface area contributed by atoms with Crippen LogP contribution in [0.1, 0.15) is 25.5 Å². The molecule has 1 aromatic rings. The molecule has 0 amide bonds. The first-order valence-electron chi connectivity index (χ1n) is 3.85. The number of alkyl halides is 1. The Kier molecular flexibility index (Phi) is 3.01. The molecule has 1 rings (SSSR count). The third-order valence-corrected chi connectivity index (χ3v) is 2.21. The van der Waals surface area contributed by atoms with Crippen LogP contribution in [-0.4, -0.2) is 5.88 Å². The minimum Gasteiger partial charge on any atom is -0.469 e. The average molecular weight is 173 g/mol. The molecule has 62 valence electrons. The molecule has 0 fully saturated rings. The van der Waals surface area contributed by atoms with E-state index in [0.717, 1.165) is 5.76 Å². The van der Waals surface area contributed by atoms with Gasteiger partial charge in [-0.25, -0.2) is 0 Å². The zero-order valence-corrected chi connectivity index (χ0v) is 7.64. The van der Waals surface area contributed by atoms with E-state index in [4.69, 9.17) is 16.0 Å². The van der Waals surface area contributed by atoms with Crippen molar-refractivity contribution in [2.45, 2.75) is 19.8 Å². The Labute approximate surface area is 72.4 Å². The summed E-state index contributed by atoms with van der Waals surface area (Å²) in [7, 11) is 0. The predicted molar refractivity (Wildman–Crippen MR) is 47.0 cm³/mol. The minimum absolute atomic E-state index is 0.353. The van der Waals surface area contributed by atoms with Crippen molar-refractivity contribution in [1.82, 2.24) is 0 Å². The maximum Gasteiger partial charge on any atom is 0.108 e. The lowest BCUT2D eigenvalue weighted by Crippen LogP contribution is -2.06. The summed E-state index contributed by atoms with van der Waals surface area (Å²) in [6.45, 7) is 4.30. The highest BCUT2D eigenvalue weighted by Gasteiger charge is 2.16. The summed E-state index contributed by atoms with van der Waals surface area (Å²) in [5.41, 5.74) is 0. The second-order valence-electron chi connectivity index (χ2n) is 3.02. The second-order valence-corrected chi connectivity index (χ2v) is 3.33. The molecule has 0 saturated carbocycles. The van der Waals surface area contributed by atoms with Gasteiger partial charge in [-0.1, -0.05) is 13.8 Å². The summed E-state index contributed by atoms with van der Waals surface area (Å²) in [5.74, 6) is 2.52. The van der Waals surface area contributed by atoms with E-state index >= 15 is 0 Å². The quantitative estimate of drug-likeness (QED) is 0.638. The van der Waals surface area contributed by atoms with E-state index in [1.165, 1.54) is 0 Å². The van der Waals surface area contributed by atoms with Crippen molar-refractivity contribution >= 4 is 11.6 Å². The van der Waals surface area contributed by atoms with Crippen LogP contribution < -0.4 is 0 Å². The Bertz CT molecular complexity index is 191. The van der Waals surface area contributed by atoms with Gasteiger partial charge < -0.3 is 4.42 Å². The van der Waals surface area contributed by atoms with Gasteiger partial charge in [0, 0.05) is 11.8 Å². The maximum absolute atomic E-state index is 5.79. The fourth-order valence-electron chi connectivity index (χ4n) is 1.08. The van der Waals surface area contributed by atoms with Crippen molar-refractivity contribution in [1.29, 1.82) is 0 Å². The molecule has 0 aliphatic rings. The Morgan fingerprint density at radius 1 is 1.55 bits per heavy atom. The van der Waals surface area contributed by atoms with E-state index in [-0.39, 0.29) is 0 Å². The van der Waals surface area contributed by atoms with Gasteiger partial charge in [-0.15, -0.1) is 11.6 Å². The van der Waals surface area contributed by atoms with Gasteiger partial charge in [0.2, 0.25) is 0 Å². The molecule has 0 radical (unpaired) electrons. The molecule has 0 aliphatic heterocycles. The first-order valence-corrected chi connectivity index (χ1v) is 4.38. The lowest BCUT2D eigenvalue weighted by Gasteiger charge is -2.14. The van der Waals surface area contributed by atoms with Gasteiger partial charge in [0.05, 0.1) is 6.26 Å². The Morgan fingerprint density at radius 2 is 2.27 bits per heavy atom. The normalized spacial score (nSPS) is 13.8. The molecule has 2 heteroatoms. The first kappa shape index (κ1) is 8.66. The van der Waals surface area contributed by atoms with Crippen molar-refractivity contribution in [3.63, 3.8) is 0 Å². The van der Waals surface area contributed by atoms with Gasteiger partial charge in [0.25, 0.3) is 0 Å². The lowest BCUT2D eigenvalue weighted by atomic mass is 9.95. The second kappa shape index (κ2) is 3.82. The summed E-state index contributed by atoms with van der Waals surface area (Å²) in [5, 5.41) is 0. The molecule has 1 unspecified atom stereocenters. The van der Waals surface area contributed by atoms with Crippen molar-refractivity contribution in [3.8, 4) is 0 Å². The van der Waals surface area contributed by atoms with Gasteiger partial charge in [-0.05, 0) is 18.1 Å². The standard InChI is InChI=1S/C9H13ClO/c1-7(2)8(6-10)9-4-3-5-11-9/h3-5,7-8H,6H2,1-2H3. The molecule has 0 aromatic carbocycles. The number of furan rings is 1. The van der Waals surface area contributed by atoms with E-state index in [2.05, 4.69) is 13.8 Å². The monoisotopic (exact) mass is 172 g/mol. The number of hydrogen-bond donors (Lipinski definition) is 0. The van der Waals surface area contributed by atoms with Crippen LogP contribution in [-0.2, 0) is 0 Å². The summed E-state index contributed by atoms with van der Waals surface area (Å²) in [6, 6.07) is 3.88. The number of halogens is 1. The SMILES string of the molecule is CC(C)C(CCl)c1ccco1. The molecule has 0 spiro atoms. The van der Waals surface area contributed by atoms with E-state index in [9.17, 15) is 0 Å². The molecular weight excluding hydrogens is 160 g/mol. The van der Waals surface area contributed by atoms with Gasteiger partial charge in [-0.3, -0.25) is 0 Å². The lowest BCUT2D eigenvalue weighted by molar-refractivity contribution is 0.417. The third kappa shape index (κ3) is 2.00. The largest absolute Gasteiger partial charge is 0.469 e. The van der Waals surface area contributed by atoms with E-state index < -0.39 is 0 Å². The first-order chi connectivity index (χ1) is 5.25. The maximum atomic E-state index is 5.79. The molecular formula is C9H13ClO.